The normalized spacial score (nSPS) is 10.8. The average molecular weight is 344 g/mol. The van der Waals surface area contributed by atoms with E-state index >= 15 is 0 Å². The molecule has 24 heavy (non-hydrogen) atoms. The molecule has 1 amide bonds. The zero-order chi connectivity index (χ0) is 17.1. The summed E-state index contributed by atoms with van der Waals surface area (Å²) in [6.07, 6.45) is 0.777. The van der Waals surface area contributed by atoms with Gasteiger partial charge in [0.25, 0.3) is 5.91 Å². The van der Waals surface area contributed by atoms with Crippen molar-refractivity contribution in [3.8, 4) is 5.69 Å². The van der Waals surface area contributed by atoms with Crippen LogP contribution in [0.3, 0.4) is 0 Å². The minimum absolute atomic E-state index is 0.254. The molecule has 2 heterocycles. The number of aryl methyl sites for hydroxylation is 1. The van der Waals surface area contributed by atoms with E-state index in [4.69, 9.17) is 0 Å². The molecule has 5 nitrogen and oxygen atoms in total. The standard InChI is InChI=1S/C17H17FN4OS/c1-11-5-6-13(18)10-15(11)22-12(2)16(20-21-22)17(23)19-8-7-14-4-3-9-24-14/h3-6,9-10H,7-8H2,1-2H3,(H,19,23). The summed E-state index contributed by atoms with van der Waals surface area (Å²) in [5.74, 6) is -0.628. The van der Waals surface area contributed by atoms with Gasteiger partial charge in [-0.05, 0) is 49.4 Å². The lowest BCUT2D eigenvalue weighted by Crippen LogP contribution is -2.26. The Morgan fingerprint density at radius 2 is 2.17 bits per heavy atom. The maximum atomic E-state index is 13.5. The van der Waals surface area contributed by atoms with Gasteiger partial charge in [-0.2, -0.15) is 0 Å². The Morgan fingerprint density at radius 1 is 1.33 bits per heavy atom. The van der Waals surface area contributed by atoms with Crippen LogP contribution in [0.1, 0.15) is 26.6 Å². The molecule has 3 rings (SSSR count). The molecule has 124 valence electrons. The van der Waals surface area contributed by atoms with E-state index in [-0.39, 0.29) is 17.4 Å². The topological polar surface area (TPSA) is 59.8 Å². The van der Waals surface area contributed by atoms with Crippen LogP contribution in [0.15, 0.2) is 35.7 Å². The number of nitrogens with one attached hydrogen (secondary N) is 1. The fourth-order valence-corrected chi connectivity index (χ4v) is 3.13. The summed E-state index contributed by atoms with van der Waals surface area (Å²) in [6, 6.07) is 8.47. The average Bonchev–Trinajstić information content (AvgIpc) is 3.19. The van der Waals surface area contributed by atoms with Crippen LogP contribution in [0, 0.1) is 19.7 Å². The number of aromatic nitrogens is 3. The Hall–Kier alpha value is -2.54. The summed E-state index contributed by atoms with van der Waals surface area (Å²) in [5.41, 5.74) is 2.27. The van der Waals surface area contributed by atoms with Gasteiger partial charge in [-0.3, -0.25) is 4.79 Å². The van der Waals surface area contributed by atoms with Crippen molar-refractivity contribution in [2.75, 3.05) is 6.54 Å². The third-order valence-corrected chi connectivity index (χ3v) is 4.68. The largest absolute Gasteiger partial charge is 0.350 e. The number of nitrogens with zero attached hydrogens (tertiary/aromatic N) is 3. The van der Waals surface area contributed by atoms with Crippen molar-refractivity contribution in [1.82, 2.24) is 20.3 Å². The summed E-state index contributed by atoms with van der Waals surface area (Å²) in [4.78, 5) is 13.5. The highest BCUT2D eigenvalue weighted by Gasteiger charge is 2.18. The Balaban J connectivity index is 1.74. The zero-order valence-electron chi connectivity index (χ0n) is 13.4. The number of hydrogen-bond donors (Lipinski definition) is 1. The molecular weight excluding hydrogens is 327 g/mol. The molecule has 0 bridgehead atoms. The number of halogens is 1. The van der Waals surface area contributed by atoms with Crippen LogP contribution in [0.5, 0.6) is 0 Å². The fraction of sp³-hybridized carbons (Fsp3) is 0.235. The Morgan fingerprint density at radius 3 is 2.92 bits per heavy atom. The van der Waals surface area contributed by atoms with Crippen molar-refractivity contribution in [2.24, 2.45) is 0 Å². The van der Waals surface area contributed by atoms with E-state index in [1.165, 1.54) is 21.7 Å². The van der Waals surface area contributed by atoms with Crippen LogP contribution in [0.2, 0.25) is 0 Å². The third-order valence-electron chi connectivity index (χ3n) is 3.75. The van der Waals surface area contributed by atoms with E-state index in [1.54, 1.807) is 24.3 Å². The van der Waals surface area contributed by atoms with Gasteiger partial charge in [0.15, 0.2) is 5.69 Å². The monoisotopic (exact) mass is 344 g/mol. The maximum Gasteiger partial charge on any atom is 0.273 e. The highest BCUT2D eigenvalue weighted by Crippen LogP contribution is 2.17. The van der Waals surface area contributed by atoms with Crippen molar-refractivity contribution in [3.05, 3.63) is 63.4 Å². The van der Waals surface area contributed by atoms with E-state index in [1.807, 2.05) is 24.4 Å². The Labute approximate surface area is 143 Å². The highest BCUT2D eigenvalue weighted by atomic mass is 32.1. The van der Waals surface area contributed by atoms with Gasteiger partial charge < -0.3 is 5.32 Å². The molecule has 0 spiro atoms. The Kier molecular flexibility index (Phi) is 4.71. The number of amides is 1. The zero-order valence-corrected chi connectivity index (χ0v) is 14.2. The van der Waals surface area contributed by atoms with E-state index < -0.39 is 0 Å². The Bertz CT molecular complexity index is 858. The second-order valence-electron chi connectivity index (χ2n) is 5.45. The minimum Gasteiger partial charge on any atom is -0.350 e. The first-order valence-corrected chi connectivity index (χ1v) is 8.43. The molecule has 1 N–H and O–H groups in total. The van der Waals surface area contributed by atoms with Crippen molar-refractivity contribution < 1.29 is 9.18 Å². The minimum atomic E-state index is -0.354. The van der Waals surface area contributed by atoms with Gasteiger partial charge in [0.1, 0.15) is 5.82 Å². The van der Waals surface area contributed by atoms with Crippen LogP contribution in [0.25, 0.3) is 5.69 Å². The summed E-state index contributed by atoms with van der Waals surface area (Å²) in [7, 11) is 0. The number of carbonyl (C=O) groups is 1. The first-order valence-electron chi connectivity index (χ1n) is 7.55. The fourth-order valence-electron chi connectivity index (χ4n) is 2.42. The molecule has 0 fully saturated rings. The molecule has 0 aliphatic carbocycles. The summed E-state index contributed by atoms with van der Waals surface area (Å²) in [6.45, 7) is 4.14. The third kappa shape index (κ3) is 3.35. The van der Waals surface area contributed by atoms with Gasteiger partial charge in [-0.25, -0.2) is 9.07 Å². The van der Waals surface area contributed by atoms with E-state index in [0.29, 0.717) is 17.9 Å². The van der Waals surface area contributed by atoms with Gasteiger partial charge in [0.05, 0.1) is 11.4 Å². The highest BCUT2D eigenvalue weighted by molar-refractivity contribution is 7.09. The van der Waals surface area contributed by atoms with Crippen molar-refractivity contribution in [1.29, 1.82) is 0 Å². The molecule has 0 aliphatic heterocycles. The summed E-state index contributed by atoms with van der Waals surface area (Å²) < 4.78 is 15.0. The second-order valence-corrected chi connectivity index (χ2v) is 6.48. The van der Waals surface area contributed by atoms with E-state index in [2.05, 4.69) is 15.6 Å². The number of thiophene rings is 1. The quantitative estimate of drug-likeness (QED) is 0.774. The number of rotatable bonds is 5. The van der Waals surface area contributed by atoms with E-state index in [0.717, 1.165) is 12.0 Å². The molecule has 0 saturated heterocycles. The van der Waals surface area contributed by atoms with Crippen LogP contribution in [-0.2, 0) is 6.42 Å². The first-order chi connectivity index (χ1) is 11.6. The SMILES string of the molecule is Cc1ccc(F)cc1-n1nnc(C(=O)NCCc2cccs2)c1C. The lowest BCUT2D eigenvalue weighted by molar-refractivity contribution is 0.0948. The van der Waals surface area contributed by atoms with Gasteiger partial charge in [-0.1, -0.05) is 17.3 Å². The maximum absolute atomic E-state index is 13.5. The summed E-state index contributed by atoms with van der Waals surface area (Å²) in [5, 5.41) is 12.8. The first kappa shape index (κ1) is 16.3. The summed E-state index contributed by atoms with van der Waals surface area (Å²) >= 11 is 1.66. The van der Waals surface area contributed by atoms with Crippen molar-refractivity contribution in [2.45, 2.75) is 20.3 Å². The van der Waals surface area contributed by atoms with Crippen LogP contribution >= 0.6 is 11.3 Å². The molecule has 0 unspecified atom stereocenters. The number of hydrogen-bond acceptors (Lipinski definition) is 4. The molecule has 0 radical (unpaired) electrons. The van der Waals surface area contributed by atoms with Crippen LogP contribution < -0.4 is 5.32 Å². The van der Waals surface area contributed by atoms with Crippen LogP contribution in [0.4, 0.5) is 4.39 Å². The van der Waals surface area contributed by atoms with Gasteiger partial charge >= 0.3 is 0 Å². The molecule has 7 heteroatoms. The molecular formula is C17H17FN4OS. The van der Waals surface area contributed by atoms with E-state index in [9.17, 15) is 9.18 Å². The van der Waals surface area contributed by atoms with Gasteiger partial charge in [0.2, 0.25) is 0 Å². The predicted molar refractivity (Wildman–Crippen MR) is 91.1 cm³/mol. The van der Waals surface area contributed by atoms with Gasteiger partial charge in [-0.15, -0.1) is 16.4 Å². The predicted octanol–water partition coefficient (Wildman–Crippen LogP) is 3.06. The van der Waals surface area contributed by atoms with Crippen molar-refractivity contribution in [3.63, 3.8) is 0 Å². The second kappa shape index (κ2) is 6.92. The number of benzene rings is 1. The van der Waals surface area contributed by atoms with Crippen molar-refractivity contribution >= 4 is 17.2 Å². The lowest BCUT2D eigenvalue weighted by atomic mass is 10.2. The number of carbonyl (C=O) groups excluding carboxylic acids is 1. The molecule has 0 aliphatic rings. The molecule has 3 aromatic rings. The smallest absolute Gasteiger partial charge is 0.273 e. The molecule has 0 atom stereocenters. The molecule has 1 aromatic carbocycles. The molecule has 0 saturated carbocycles. The van der Waals surface area contributed by atoms with Crippen LogP contribution in [-0.4, -0.2) is 27.4 Å². The molecule has 2 aromatic heterocycles. The van der Waals surface area contributed by atoms with Gasteiger partial charge in [0, 0.05) is 11.4 Å². The lowest BCUT2D eigenvalue weighted by Gasteiger charge is -2.07.